The normalized spacial score (nSPS) is 18.6. The molecule has 0 spiro atoms. The Morgan fingerprint density at radius 3 is 2.77 bits per heavy atom. The predicted octanol–water partition coefficient (Wildman–Crippen LogP) is 3.27. The van der Waals surface area contributed by atoms with Gasteiger partial charge in [-0.15, -0.1) is 0 Å². The molecule has 1 aliphatic rings. The van der Waals surface area contributed by atoms with Gasteiger partial charge in [0.15, 0.2) is 5.60 Å². The highest BCUT2D eigenvalue weighted by atomic mass is 16.6. The number of nitro groups is 1. The van der Waals surface area contributed by atoms with Crippen LogP contribution >= 0.6 is 0 Å². The van der Waals surface area contributed by atoms with E-state index in [0.717, 1.165) is 17.5 Å². The van der Waals surface area contributed by atoms with Gasteiger partial charge < -0.3 is 10.1 Å². The zero-order valence-corrected chi connectivity index (χ0v) is 14.4. The van der Waals surface area contributed by atoms with E-state index >= 15 is 0 Å². The second-order valence-corrected chi connectivity index (χ2v) is 6.40. The van der Waals surface area contributed by atoms with Crippen LogP contribution in [0.1, 0.15) is 35.3 Å². The average molecular weight is 354 g/mol. The van der Waals surface area contributed by atoms with E-state index in [1.807, 2.05) is 19.1 Å². The summed E-state index contributed by atoms with van der Waals surface area (Å²) in [5.74, 6) is -1.08. The van der Waals surface area contributed by atoms with Crippen LogP contribution < -0.4 is 5.32 Å². The van der Waals surface area contributed by atoms with Gasteiger partial charge in [-0.3, -0.25) is 14.9 Å². The molecular formula is C19H18N2O5. The van der Waals surface area contributed by atoms with E-state index in [1.165, 1.54) is 18.2 Å². The summed E-state index contributed by atoms with van der Waals surface area (Å²) in [6, 6.07) is 11.1. The van der Waals surface area contributed by atoms with Crippen LogP contribution in [0.25, 0.3) is 0 Å². The number of carbonyl (C=O) groups excluding carboxylic acids is 2. The van der Waals surface area contributed by atoms with E-state index in [4.69, 9.17) is 4.74 Å². The van der Waals surface area contributed by atoms with Gasteiger partial charge in [0.05, 0.1) is 10.5 Å². The molecular weight excluding hydrogens is 336 g/mol. The summed E-state index contributed by atoms with van der Waals surface area (Å²) in [4.78, 5) is 35.4. The first-order valence-electron chi connectivity index (χ1n) is 8.23. The van der Waals surface area contributed by atoms with Crippen LogP contribution in [0.5, 0.6) is 0 Å². The average Bonchev–Trinajstić information content (AvgIpc) is 2.61. The Labute approximate surface area is 150 Å². The SMILES string of the molecule is CCc1ccc2c(c1)CC(C)(C(=O)Nc1cccc([N+](=O)[O-])c1)OC2=O. The maximum Gasteiger partial charge on any atom is 0.339 e. The number of carbonyl (C=O) groups is 2. The molecule has 0 bridgehead atoms. The van der Waals surface area contributed by atoms with Gasteiger partial charge in [0.1, 0.15) is 0 Å². The van der Waals surface area contributed by atoms with Crippen molar-refractivity contribution in [2.75, 3.05) is 5.32 Å². The van der Waals surface area contributed by atoms with E-state index in [9.17, 15) is 19.7 Å². The maximum atomic E-state index is 12.7. The van der Waals surface area contributed by atoms with Crippen LogP contribution in [0.2, 0.25) is 0 Å². The fourth-order valence-electron chi connectivity index (χ4n) is 2.96. The molecule has 1 aliphatic heterocycles. The third-order valence-corrected chi connectivity index (χ3v) is 4.44. The van der Waals surface area contributed by atoms with Gasteiger partial charge in [-0.1, -0.05) is 25.1 Å². The summed E-state index contributed by atoms with van der Waals surface area (Å²) in [7, 11) is 0. The minimum absolute atomic E-state index is 0.133. The number of esters is 1. The summed E-state index contributed by atoms with van der Waals surface area (Å²) in [5, 5.41) is 13.5. The summed E-state index contributed by atoms with van der Waals surface area (Å²) in [5.41, 5.74) is 1.04. The fraction of sp³-hybridized carbons (Fsp3) is 0.263. The van der Waals surface area contributed by atoms with Crippen molar-refractivity contribution in [3.8, 4) is 0 Å². The molecule has 2 aromatic rings. The van der Waals surface area contributed by atoms with Gasteiger partial charge >= 0.3 is 5.97 Å². The number of hydrogen-bond acceptors (Lipinski definition) is 5. The summed E-state index contributed by atoms with van der Waals surface area (Å²) >= 11 is 0. The minimum atomic E-state index is -1.39. The number of amides is 1. The molecule has 0 saturated heterocycles. The second-order valence-electron chi connectivity index (χ2n) is 6.40. The number of fused-ring (bicyclic) bond motifs is 1. The summed E-state index contributed by atoms with van der Waals surface area (Å²) in [6.07, 6.45) is 1.06. The molecule has 134 valence electrons. The quantitative estimate of drug-likeness (QED) is 0.516. The molecule has 3 rings (SSSR count). The summed E-state index contributed by atoms with van der Waals surface area (Å²) < 4.78 is 5.40. The lowest BCUT2D eigenvalue weighted by molar-refractivity contribution is -0.384. The molecule has 2 aromatic carbocycles. The van der Waals surface area contributed by atoms with Crippen LogP contribution in [-0.4, -0.2) is 22.4 Å². The molecule has 0 saturated carbocycles. The molecule has 1 atom stereocenters. The Bertz CT molecular complexity index is 909. The number of benzene rings is 2. The van der Waals surface area contributed by atoms with Crippen LogP contribution in [-0.2, 0) is 22.4 Å². The number of nitrogens with one attached hydrogen (secondary N) is 1. The second kappa shape index (κ2) is 6.59. The first-order valence-corrected chi connectivity index (χ1v) is 8.23. The van der Waals surface area contributed by atoms with Crippen molar-refractivity contribution in [3.63, 3.8) is 0 Å². The highest BCUT2D eigenvalue weighted by molar-refractivity contribution is 6.02. The van der Waals surface area contributed by atoms with Crippen LogP contribution in [0, 0.1) is 10.1 Å². The van der Waals surface area contributed by atoms with Gasteiger partial charge in [-0.25, -0.2) is 4.79 Å². The molecule has 0 fully saturated rings. The predicted molar refractivity (Wildman–Crippen MR) is 95.1 cm³/mol. The van der Waals surface area contributed by atoms with Crippen molar-refractivity contribution in [3.05, 3.63) is 69.3 Å². The lowest BCUT2D eigenvalue weighted by Crippen LogP contribution is -2.49. The third-order valence-electron chi connectivity index (χ3n) is 4.44. The Morgan fingerprint density at radius 1 is 1.31 bits per heavy atom. The Morgan fingerprint density at radius 2 is 2.08 bits per heavy atom. The number of nitrogens with zero attached hydrogens (tertiary/aromatic N) is 1. The van der Waals surface area contributed by atoms with Crippen LogP contribution in [0.4, 0.5) is 11.4 Å². The Hall–Kier alpha value is -3.22. The fourth-order valence-corrected chi connectivity index (χ4v) is 2.96. The number of hydrogen-bond donors (Lipinski definition) is 1. The van der Waals surface area contributed by atoms with Crippen molar-refractivity contribution in [2.24, 2.45) is 0 Å². The van der Waals surface area contributed by atoms with Gasteiger partial charge in [0.25, 0.3) is 11.6 Å². The first kappa shape index (κ1) is 17.6. The Kier molecular flexibility index (Phi) is 4.46. The lowest BCUT2D eigenvalue weighted by atomic mass is 9.88. The number of rotatable bonds is 4. The molecule has 1 amide bonds. The van der Waals surface area contributed by atoms with Crippen molar-refractivity contribution in [1.29, 1.82) is 0 Å². The van der Waals surface area contributed by atoms with Gasteiger partial charge in [0, 0.05) is 24.2 Å². The standard InChI is InChI=1S/C19H18N2O5/c1-3-12-7-8-16-13(9-12)11-19(2,26-17(16)22)18(23)20-14-5-4-6-15(10-14)21(24)25/h4-10H,3,11H2,1-2H3,(H,20,23). The summed E-state index contributed by atoms with van der Waals surface area (Å²) in [6.45, 7) is 3.55. The number of ether oxygens (including phenoxy) is 1. The topological polar surface area (TPSA) is 98.5 Å². The van der Waals surface area contributed by atoms with E-state index in [-0.39, 0.29) is 17.8 Å². The number of anilines is 1. The minimum Gasteiger partial charge on any atom is -0.445 e. The number of aryl methyl sites for hydroxylation is 1. The van der Waals surface area contributed by atoms with Crippen molar-refractivity contribution in [1.82, 2.24) is 0 Å². The number of nitro benzene ring substituents is 1. The lowest BCUT2D eigenvalue weighted by Gasteiger charge is -2.33. The van der Waals surface area contributed by atoms with E-state index in [2.05, 4.69) is 5.32 Å². The monoisotopic (exact) mass is 354 g/mol. The molecule has 1 unspecified atom stereocenters. The molecule has 7 nitrogen and oxygen atoms in total. The molecule has 1 N–H and O–H groups in total. The number of cyclic esters (lactones) is 1. The Balaban J connectivity index is 1.86. The molecule has 7 heteroatoms. The molecule has 0 aliphatic carbocycles. The third kappa shape index (κ3) is 3.28. The van der Waals surface area contributed by atoms with Crippen molar-refractivity contribution < 1.29 is 19.2 Å². The smallest absolute Gasteiger partial charge is 0.339 e. The zero-order valence-electron chi connectivity index (χ0n) is 14.4. The van der Waals surface area contributed by atoms with Gasteiger partial charge in [0.2, 0.25) is 0 Å². The van der Waals surface area contributed by atoms with Crippen LogP contribution in [0.15, 0.2) is 42.5 Å². The van der Waals surface area contributed by atoms with E-state index < -0.39 is 22.4 Å². The van der Waals surface area contributed by atoms with Gasteiger partial charge in [-0.05, 0) is 36.6 Å². The van der Waals surface area contributed by atoms with E-state index in [1.54, 1.807) is 19.1 Å². The van der Waals surface area contributed by atoms with Crippen molar-refractivity contribution >= 4 is 23.3 Å². The molecule has 26 heavy (non-hydrogen) atoms. The van der Waals surface area contributed by atoms with E-state index in [0.29, 0.717) is 5.56 Å². The number of non-ortho nitro benzene ring substituents is 1. The highest BCUT2D eigenvalue weighted by Gasteiger charge is 2.42. The van der Waals surface area contributed by atoms with Gasteiger partial charge in [-0.2, -0.15) is 0 Å². The molecule has 0 aromatic heterocycles. The van der Waals surface area contributed by atoms with Crippen molar-refractivity contribution in [2.45, 2.75) is 32.3 Å². The molecule has 1 heterocycles. The molecule has 0 radical (unpaired) electrons. The highest BCUT2D eigenvalue weighted by Crippen LogP contribution is 2.30. The van der Waals surface area contributed by atoms with Crippen LogP contribution in [0.3, 0.4) is 0 Å². The largest absolute Gasteiger partial charge is 0.445 e. The first-order chi connectivity index (χ1) is 12.3. The maximum absolute atomic E-state index is 12.7. The zero-order chi connectivity index (χ0) is 18.9.